The number of para-hydroxylation sites is 1. The van der Waals surface area contributed by atoms with Gasteiger partial charge in [0.1, 0.15) is 0 Å². The summed E-state index contributed by atoms with van der Waals surface area (Å²) in [7, 11) is 0. The van der Waals surface area contributed by atoms with Crippen LogP contribution >= 0.6 is 22.9 Å². The van der Waals surface area contributed by atoms with Gasteiger partial charge in [0.05, 0.1) is 16.6 Å². The van der Waals surface area contributed by atoms with Crippen LogP contribution in [0.2, 0.25) is 5.02 Å². The lowest BCUT2D eigenvalue weighted by atomic mass is 10.1. The summed E-state index contributed by atoms with van der Waals surface area (Å²) in [6.45, 7) is 0. The maximum absolute atomic E-state index is 12.1. The van der Waals surface area contributed by atoms with Gasteiger partial charge in [-0.1, -0.05) is 41.1 Å². The molecule has 0 spiro atoms. The number of benzene rings is 2. The maximum atomic E-state index is 12.1. The lowest BCUT2D eigenvalue weighted by Crippen LogP contribution is -2.15. The molecule has 1 aromatic heterocycles. The van der Waals surface area contributed by atoms with Crippen molar-refractivity contribution < 1.29 is 4.79 Å². The molecule has 1 amide bonds. The number of hydrogen-bond acceptors (Lipinski definition) is 4. The van der Waals surface area contributed by atoms with Crippen LogP contribution in [0.15, 0.2) is 42.5 Å². The van der Waals surface area contributed by atoms with E-state index in [1.165, 1.54) is 11.3 Å². The highest BCUT2D eigenvalue weighted by Gasteiger charge is 2.10. The third kappa shape index (κ3) is 3.15. The largest absolute Gasteiger partial charge is 0.398 e. The van der Waals surface area contributed by atoms with Crippen molar-refractivity contribution in [3.63, 3.8) is 0 Å². The number of amides is 1. The smallest absolute Gasteiger partial charge is 0.230 e. The molecule has 0 fully saturated rings. The number of rotatable bonds is 3. The van der Waals surface area contributed by atoms with E-state index in [4.69, 9.17) is 17.3 Å². The highest BCUT2D eigenvalue weighted by Crippen LogP contribution is 2.28. The lowest BCUT2D eigenvalue weighted by molar-refractivity contribution is -0.115. The fraction of sp³-hybridized carbons (Fsp3) is 0.0667. The molecule has 106 valence electrons. The van der Waals surface area contributed by atoms with Crippen molar-refractivity contribution in [3.8, 4) is 0 Å². The predicted octanol–water partition coefficient (Wildman–Crippen LogP) is 3.71. The molecule has 3 N–H and O–H groups in total. The van der Waals surface area contributed by atoms with E-state index >= 15 is 0 Å². The van der Waals surface area contributed by atoms with Crippen LogP contribution in [0.4, 0.5) is 10.8 Å². The molecule has 0 radical (unpaired) electrons. The highest BCUT2D eigenvalue weighted by atomic mass is 35.5. The van der Waals surface area contributed by atoms with E-state index in [1.807, 2.05) is 30.3 Å². The van der Waals surface area contributed by atoms with Crippen LogP contribution in [0.3, 0.4) is 0 Å². The minimum Gasteiger partial charge on any atom is -0.398 e. The van der Waals surface area contributed by atoms with E-state index in [2.05, 4.69) is 10.3 Å². The second kappa shape index (κ2) is 5.71. The first-order valence-electron chi connectivity index (χ1n) is 6.31. The molecule has 4 nitrogen and oxygen atoms in total. The standard InChI is InChI=1S/C15H12ClN3OS/c16-10-5-6-12-13(8-10)21-15(18-12)19-14(20)7-9-3-1-2-4-11(9)17/h1-6,8H,7,17H2,(H,18,19,20). The van der Waals surface area contributed by atoms with Crippen molar-refractivity contribution in [2.75, 3.05) is 11.1 Å². The lowest BCUT2D eigenvalue weighted by Gasteiger charge is -2.04. The highest BCUT2D eigenvalue weighted by molar-refractivity contribution is 7.22. The Labute approximate surface area is 130 Å². The van der Waals surface area contributed by atoms with Crippen molar-refractivity contribution in [1.29, 1.82) is 0 Å². The zero-order chi connectivity index (χ0) is 14.8. The molecular formula is C15H12ClN3OS. The monoisotopic (exact) mass is 317 g/mol. The van der Waals surface area contributed by atoms with E-state index in [-0.39, 0.29) is 12.3 Å². The first-order valence-corrected chi connectivity index (χ1v) is 7.50. The number of carbonyl (C=O) groups excluding carboxylic acids is 1. The molecule has 0 aliphatic carbocycles. The van der Waals surface area contributed by atoms with E-state index in [0.717, 1.165) is 15.8 Å². The Kier molecular flexibility index (Phi) is 3.77. The van der Waals surface area contributed by atoms with Crippen LogP contribution in [0, 0.1) is 0 Å². The Morgan fingerprint density at radius 2 is 2.10 bits per heavy atom. The molecule has 1 heterocycles. The molecular weight excluding hydrogens is 306 g/mol. The molecule has 0 aliphatic rings. The zero-order valence-electron chi connectivity index (χ0n) is 11.0. The Morgan fingerprint density at radius 1 is 1.29 bits per heavy atom. The topological polar surface area (TPSA) is 68.0 Å². The minimum absolute atomic E-state index is 0.141. The van der Waals surface area contributed by atoms with E-state index < -0.39 is 0 Å². The normalized spacial score (nSPS) is 10.7. The van der Waals surface area contributed by atoms with Gasteiger partial charge in [-0.25, -0.2) is 4.98 Å². The number of carbonyl (C=O) groups is 1. The molecule has 0 saturated carbocycles. The Balaban J connectivity index is 1.75. The quantitative estimate of drug-likeness (QED) is 0.723. The van der Waals surface area contributed by atoms with Crippen molar-refractivity contribution in [2.45, 2.75) is 6.42 Å². The van der Waals surface area contributed by atoms with Gasteiger partial charge < -0.3 is 11.1 Å². The predicted molar refractivity (Wildman–Crippen MR) is 87.8 cm³/mol. The number of fused-ring (bicyclic) bond motifs is 1. The SMILES string of the molecule is Nc1ccccc1CC(=O)Nc1nc2ccc(Cl)cc2s1. The maximum Gasteiger partial charge on any atom is 0.230 e. The summed E-state index contributed by atoms with van der Waals surface area (Å²) in [5.74, 6) is -0.141. The average molecular weight is 318 g/mol. The molecule has 0 aliphatic heterocycles. The number of anilines is 2. The summed E-state index contributed by atoms with van der Waals surface area (Å²) in [6.07, 6.45) is 0.226. The number of nitrogens with two attached hydrogens (primary N) is 1. The first-order chi connectivity index (χ1) is 10.1. The third-order valence-electron chi connectivity index (χ3n) is 3.00. The molecule has 0 saturated heterocycles. The number of aromatic nitrogens is 1. The van der Waals surface area contributed by atoms with Gasteiger partial charge in [-0.15, -0.1) is 0 Å². The summed E-state index contributed by atoms with van der Waals surface area (Å²) < 4.78 is 0.942. The summed E-state index contributed by atoms with van der Waals surface area (Å²) >= 11 is 7.33. The van der Waals surface area contributed by atoms with Gasteiger partial charge in [0.25, 0.3) is 0 Å². The number of nitrogens with zero attached hydrogens (tertiary/aromatic N) is 1. The third-order valence-corrected chi connectivity index (χ3v) is 4.17. The molecule has 0 unspecified atom stereocenters. The van der Waals surface area contributed by atoms with Gasteiger partial charge >= 0.3 is 0 Å². The summed E-state index contributed by atoms with van der Waals surface area (Å²) in [6, 6.07) is 12.8. The molecule has 3 aromatic rings. The summed E-state index contributed by atoms with van der Waals surface area (Å²) in [4.78, 5) is 16.4. The van der Waals surface area contributed by atoms with E-state index in [0.29, 0.717) is 15.8 Å². The fourth-order valence-corrected chi connectivity index (χ4v) is 3.14. The molecule has 3 rings (SSSR count). The Bertz CT molecular complexity index is 816. The van der Waals surface area contributed by atoms with Crippen LogP contribution in [0.1, 0.15) is 5.56 Å². The van der Waals surface area contributed by atoms with E-state index in [1.54, 1.807) is 12.1 Å². The van der Waals surface area contributed by atoms with Gasteiger partial charge in [-0.3, -0.25) is 4.79 Å². The van der Waals surface area contributed by atoms with Crippen LogP contribution < -0.4 is 11.1 Å². The summed E-state index contributed by atoms with van der Waals surface area (Å²) in [5, 5.41) is 4.01. The number of nitrogens with one attached hydrogen (secondary N) is 1. The average Bonchev–Trinajstić information content (AvgIpc) is 2.82. The molecule has 0 atom stereocenters. The second-order valence-corrected chi connectivity index (χ2v) is 6.02. The van der Waals surface area contributed by atoms with Crippen molar-refractivity contribution in [1.82, 2.24) is 4.98 Å². The Hall–Kier alpha value is -2.11. The van der Waals surface area contributed by atoms with Gasteiger partial charge in [-0.05, 0) is 29.8 Å². The molecule has 6 heteroatoms. The van der Waals surface area contributed by atoms with Gasteiger partial charge in [0.15, 0.2) is 5.13 Å². The van der Waals surface area contributed by atoms with E-state index in [9.17, 15) is 4.79 Å². The molecule has 2 aromatic carbocycles. The first kappa shape index (κ1) is 13.9. The fourth-order valence-electron chi connectivity index (χ4n) is 1.98. The van der Waals surface area contributed by atoms with Gasteiger partial charge in [0, 0.05) is 10.7 Å². The number of thiazole rings is 1. The summed E-state index contributed by atoms with van der Waals surface area (Å²) in [5.41, 5.74) is 8.07. The number of hydrogen-bond donors (Lipinski definition) is 2. The van der Waals surface area contributed by atoms with Crippen LogP contribution in [-0.4, -0.2) is 10.9 Å². The Morgan fingerprint density at radius 3 is 2.90 bits per heavy atom. The molecule has 21 heavy (non-hydrogen) atoms. The zero-order valence-corrected chi connectivity index (χ0v) is 12.5. The van der Waals surface area contributed by atoms with Crippen molar-refractivity contribution >= 4 is 49.9 Å². The van der Waals surface area contributed by atoms with Gasteiger partial charge in [0.2, 0.25) is 5.91 Å². The minimum atomic E-state index is -0.141. The number of halogens is 1. The molecule has 0 bridgehead atoms. The van der Waals surface area contributed by atoms with Crippen LogP contribution in [0.5, 0.6) is 0 Å². The number of nitrogen functional groups attached to an aromatic ring is 1. The second-order valence-electron chi connectivity index (χ2n) is 4.55. The van der Waals surface area contributed by atoms with Gasteiger partial charge in [-0.2, -0.15) is 0 Å². The van der Waals surface area contributed by atoms with Crippen molar-refractivity contribution in [2.24, 2.45) is 0 Å². The van der Waals surface area contributed by atoms with Crippen LogP contribution in [0.25, 0.3) is 10.2 Å². The van der Waals surface area contributed by atoms with Crippen LogP contribution in [-0.2, 0) is 11.2 Å². The van der Waals surface area contributed by atoms with Crippen molar-refractivity contribution in [3.05, 3.63) is 53.1 Å².